The molecule has 2 saturated heterocycles. The smallest absolute Gasteiger partial charge is 0.325 e. The van der Waals surface area contributed by atoms with E-state index in [1.165, 1.54) is 4.88 Å². The topological polar surface area (TPSA) is 73.0 Å². The molecule has 4 amide bonds. The highest BCUT2D eigenvalue weighted by Gasteiger charge is 2.52. The van der Waals surface area contributed by atoms with E-state index in [1.54, 1.807) is 16.2 Å². The monoisotopic (exact) mass is 410 g/mol. The molecule has 1 aromatic heterocycles. The van der Waals surface area contributed by atoms with E-state index in [1.807, 2.05) is 12.1 Å². The molecule has 146 valence electrons. The fourth-order valence-electron chi connectivity index (χ4n) is 4.18. The van der Waals surface area contributed by atoms with Gasteiger partial charge in [0.25, 0.3) is 5.91 Å². The summed E-state index contributed by atoms with van der Waals surface area (Å²) in [6.07, 6.45) is 3.22. The normalized spacial score (nSPS) is 22.7. The van der Waals surface area contributed by atoms with Gasteiger partial charge < -0.3 is 10.2 Å². The summed E-state index contributed by atoms with van der Waals surface area (Å²) in [6, 6.07) is 3.50. The molecule has 0 unspecified atom stereocenters. The van der Waals surface area contributed by atoms with Crippen molar-refractivity contribution in [3.05, 3.63) is 21.3 Å². The van der Waals surface area contributed by atoms with Gasteiger partial charge in [-0.15, -0.1) is 11.3 Å². The zero-order valence-corrected chi connectivity index (χ0v) is 16.7. The molecule has 1 aliphatic carbocycles. The number of carbonyl (C=O) groups excluding carboxylic acids is 3. The van der Waals surface area contributed by atoms with Crippen molar-refractivity contribution in [3.63, 3.8) is 0 Å². The van der Waals surface area contributed by atoms with Gasteiger partial charge in [-0.3, -0.25) is 19.4 Å². The Morgan fingerprint density at radius 1 is 1.15 bits per heavy atom. The first-order chi connectivity index (χ1) is 13.0. The third-order valence-electron chi connectivity index (χ3n) is 5.73. The van der Waals surface area contributed by atoms with Crippen LogP contribution in [0.4, 0.5) is 4.79 Å². The van der Waals surface area contributed by atoms with Crippen molar-refractivity contribution in [3.8, 4) is 0 Å². The van der Waals surface area contributed by atoms with E-state index in [0.717, 1.165) is 41.7 Å². The minimum Gasteiger partial charge on any atom is -0.339 e. The highest BCUT2D eigenvalue weighted by Crippen LogP contribution is 2.35. The molecule has 2 aliphatic heterocycles. The maximum absolute atomic E-state index is 12.7. The van der Waals surface area contributed by atoms with Crippen LogP contribution in [-0.4, -0.2) is 70.8 Å². The van der Waals surface area contributed by atoms with Crippen molar-refractivity contribution in [2.24, 2.45) is 0 Å². The first-order valence-corrected chi connectivity index (χ1v) is 10.5. The number of hydrogen-bond donors (Lipinski definition) is 1. The molecule has 0 radical (unpaired) electrons. The second-order valence-corrected chi connectivity index (χ2v) is 9.27. The molecule has 3 heterocycles. The number of imide groups is 1. The summed E-state index contributed by atoms with van der Waals surface area (Å²) >= 11 is 7.55. The lowest BCUT2D eigenvalue weighted by molar-refractivity contribution is -0.140. The molecule has 1 saturated carbocycles. The Labute approximate surface area is 167 Å². The van der Waals surface area contributed by atoms with E-state index in [0.29, 0.717) is 25.9 Å². The van der Waals surface area contributed by atoms with Crippen molar-refractivity contribution in [1.29, 1.82) is 0 Å². The quantitative estimate of drug-likeness (QED) is 0.769. The number of halogens is 1. The van der Waals surface area contributed by atoms with Gasteiger partial charge in [-0.2, -0.15) is 0 Å². The molecule has 4 rings (SSSR count). The van der Waals surface area contributed by atoms with Crippen LogP contribution in [-0.2, 0) is 16.1 Å². The number of hydrogen-bond acceptors (Lipinski definition) is 5. The first-order valence-electron chi connectivity index (χ1n) is 9.35. The molecule has 3 fully saturated rings. The van der Waals surface area contributed by atoms with Crippen LogP contribution in [0.3, 0.4) is 0 Å². The molecule has 3 aliphatic rings. The zero-order chi connectivity index (χ0) is 19.0. The molecular weight excluding hydrogens is 388 g/mol. The molecule has 1 N–H and O–H groups in total. The minimum absolute atomic E-state index is 0.160. The second kappa shape index (κ2) is 7.41. The van der Waals surface area contributed by atoms with E-state index >= 15 is 0 Å². The molecule has 0 bridgehead atoms. The Bertz CT molecular complexity index is 754. The van der Waals surface area contributed by atoms with Gasteiger partial charge in [0.1, 0.15) is 12.1 Å². The van der Waals surface area contributed by atoms with Gasteiger partial charge in [0.2, 0.25) is 5.91 Å². The van der Waals surface area contributed by atoms with Crippen molar-refractivity contribution in [2.45, 2.75) is 37.8 Å². The lowest BCUT2D eigenvalue weighted by Gasteiger charge is -2.35. The predicted molar refractivity (Wildman–Crippen MR) is 103 cm³/mol. The van der Waals surface area contributed by atoms with Gasteiger partial charge in [-0.25, -0.2) is 4.79 Å². The van der Waals surface area contributed by atoms with Crippen LogP contribution in [0, 0.1) is 0 Å². The average molecular weight is 411 g/mol. The number of urea groups is 1. The van der Waals surface area contributed by atoms with E-state index in [-0.39, 0.29) is 18.4 Å². The number of rotatable bonds is 4. The molecule has 1 spiro atoms. The van der Waals surface area contributed by atoms with Crippen molar-refractivity contribution in [2.75, 3.05) is 32.7 Å². The molecular formula is C18H23ClN4O3S. The number of amides is 4. The lowest BCUT2D eigenvalue weighted by Crippen LogP contribution is -2.52. The fraction of sp³-hybridized carbons (Fsp3) is 0.611. The van der Waals surface area contributed by atoms with Crippen LogP contribution in [0.5, 0.6) is 0 Å². The lowest BCUT2D eigenvalue weighted by atomic mass is 9.98. The van der Waals surface area contributed by atoms with Gasteiger partial charge in [0.05, 0.1) is 4.34 Å². The van der Waals surface area contributed by atoms with E-state index in [9.17, 15) is 14.4 Å². The van der Waals surface area contributed by atoms with Gasteiger partial charge in [-0.05, 0) is 25.0 Å². The van der Waals surface area contributed by atoms with Crippen molar-refractivity contribution < 1.29 is 14.4 Å². The third kappa shape index (κ3) is 3.70. The maximum atomic E-state index is 12.7. The van der Waals surface area contributed by atoms with Crippen molar-refractivity contribution in [1.82, 2.24) is 20.0 Å². The van der Waals surface area contributed by atoms with Crippen molar-refractivity contribution >= 4 is 40.8 Å². The Hall–Kier alpha value is -1.64. The van der Waals surface area contributed by atoms with E-state index in [2.05, 4.69) is 10.2 Å². The van der Waals surface area contributed by atoms with Crippen LogP contribution < -0.4 is 5.32 Å². The highest BCUT2D eigenvalue weighted by atomic mass is 35.5. The third-order valence-corrected chi connectivity index (χ3v) is 6.95. The average Bonchev–Trinajstić information content (AvgIpc) is 3.34. The SMILES string of the molecule is O=C(CN1C(=O)NC2(CCCC2)C1=O)N1CCN(Cc2ccc(Cl)s2)CC1. The molecule has 1 aromatic rings. The number of nitrogens with zero attached hydrogens (tertiary/aromatic N) is 3. The van der Waals surface area contributed by atoms with Crippen LogP contribution in [0.2, 0.25) is 4.34 Å². The number of piperazine rings is 1. The highest BCUT2D eigenvalue weighted by molar-refractivity contribution is 7.16. The van der Waals surface area contributed by atoms with Gasteiger partial charge in [0.15, 0.2) is 0 Å². The molecule has 9 heteroatoms. The Morgan fingerprint density at radius 3 is 2.48 bits per heavy atom. The Morgan fingerprint density at radius 2 is 1.85 bits per heavy atom. The fourth-order valence-corrected chi connectivity index (χ4v) is 5.32. The van der Waals surface area contributed by atoms with Crippen LogP contribution in [0.15, 0.2) is 12.1 Å². The van der Waals surface area contributed by atoms with Gasteiger partial charge in [-0.1, -0.05) is 24.4 Å². The molecule has 7 nitrogen and oxygen atoms in total. The van der Waals surface area contributed by atoms with Crippen LogP contribution in [0.1, 0.15) is 30.6 Å². The zero-order valence-electron chi connectivity index (χ0n) is 15.1. The largest absolute Gasteiger partial charge is 0.339 e. The Kier molecular flexibility index (Phi) is 5.13. The summed E-state index contributed by atoms with van der Waals surface area (Å²) in [5, 5.41) is 2.82. The summed E-state index contributed by atoms with van der Waals surface area (Å²) < 4.78 is 0.785. The minimum atomic E-state index is -0.752. The van der Waals surface area contributed by atoms with E-state index in [4.69, 9.17) is 11.6 Å². The first kappa shape index (κ1) is 18.7. The van der Waals surface area contributed by atoms with Gasteiger partial charge >= 0.3 is 6.03 Å². The second-order valence-electron chi connectivity index (χ2n) is 7.47. The predicted octanol–water partition coefficient (Wildman–Crippen LogP) is 1.91. The summed E-state index contributed by atoms with van der Waals surface area (Å²) in [6.45, 7) is 3.41. The standard InChI is InChI=1S/C18H23ClN4O3S/c19-14-4-3-13(27-14)11-21-7-9-22(10-8-21)15(24)12-23-16(25)18(20-17(23)26)5-1-2-6-18/h3-4H,1-2,5-12H2,(H,20,26). The van der Waals surface area contributed by atoms with Crippen LogP contribution in [0.25, 0.3) is 0 Å². The van der Waals surface area contributed by atoms with E-state index < -0.39 is 11.6 Å². The van der Waals surface area contributed by atoms with Crippen LogP contribution >= 0.6 is 22.9 Å². The number of nitrogens with one attached hydrogen (secondary N) is 1. The van der Waals surface area contributed by atoms with Gasteiger partial charge in [0, 0.05) is 37.6 Å². The summed E-state index contributed by atoms with van der Waals surface area (Å²) in [5.41, 5.74) is -0.752. The molecule has 27 heavy (non-hydrogen) atoms. The molecule has 0 aromatic carbocycles. The number of carbonyl (C=O) groups is 3. The molecule has 0 atom stereocenters. The Balaban J connectivity index is 1.29. The summed E-state index contributed by atoms with van der Waals surface area (Å²) in [7, 11) is 0. The summed E-state index contributed by atoms with van der Waals surface area (Å²) in [5.74, 6) is -0.390. The number of thiophene rings is 1. The summed E-state index contributed by atoms with van der Waals surface area (Å²) in [4.78, 5) is 43.9. The maximum Gasteiger partial charge on any atom is 0.325 e.